The highest BCUT2D eigenvalue weighted by molar-refractivity contribution is 6.04. The number of nitrogens with zero attached hydrogens (tertiary/aromatic N) is 9. The lowest BCUT2D eigenvalue weighted by molar-refractivity contribution is -0.742. The van der Waals surface area contributed by atoms with E-state index in [1.165, 1.54) is 30.3 Å². The molecule has 0 aliphatic carbocycles. The topological polar surface area (TPSA) is 298 Å². The number of carbonyl (C=O) groups is 1. The quantitative estimate of drug-likeness (QED) is 0.0372. The van der Waals surface area contributed by atoms with Crippen LogP contribution in [0.3, 0.4) is 0 Å². The number of benzene rings is 2. The Morgan fingerprint density at radius 1 is 0.852 bits per heavy atom. The average Bonchev–Trinajstić information content (AvgIpc) is 3.13. The van der Waals surface area contributed by atoms with E-state index in [1.807, 2.05) is 38.1 Å². The fourth-order valence-corrected chi connectivity index (χ4v) is 3.87. The number of hydrogen-bond acceptors (Lipinski definition) is 14. The summed E-state index contributed by atoms with van der Waals surface area (Å²) >= 11 is 0. The minimum Gasteiger partial charge on any atom is -0.383 e. The van der Waals surface area contributed by atoms with E-state index in [1.54, 1.807) is 74.4 Å². The molecule has 0 atom stereocenters. The van der Waals surface area contributed by atoms with Gasteiger partial charge in [0.05, 0.1) is 26.9 Å². The Morgan fingerprint density at radius 2 is 1.44 bits per heavy atom. The summed E-state index contributed by atoms with van der Waals surface area (Å²) in [4.78, 5) is 62.3. The minimum absolute atomic E-state index is 0.0153. The Labute approximate surface area is 308 Å². The molecule has 2 aromatic carbocycles. The monoisotopic (exact) mass is 740 g/mol. The molecule has 0 spiro atoms. The number of carbonyl (C=O) groups excluding carboxylic acids is 1. The van der Waals surface area contributed by atoms with Crippen molar-refractivity contribution in [3.8, 4) is 11.3 Å². The second kappa shape index (κ2) is 21.3. The van der Waals surface area contributed by atoms with E-state index in [9.17, 15) is 25.0 Å². The van der Waals surface area contributed by atoms with Crippen molar-refractivity contribution in [3.63, 3.8) is 0 Å². The molecule has 5 aromatic rings. The number of nitrogens with two attached hydrogens (primary N) is 2. The van der Waals surface area contributed by atoms with Crippen molar-refractivity contribution in [3.05, 3.63) is 157 Å². The molecule has 54 heavy (non-hydrogen) atoms. The van der Waals surface area contributed by atoms with Gasteiger partial charge in [-0.15, -0.1) is 10.1 Å². The molecule has 280 valence electrons. The molecule has 0 fully saturated rings. The number of aromatic nitrogens is 4. The zero-order chi connectivity index (χ0) is 40.2. The van der Waals surface area contributed by atoms with Gasteiger partial charge in [-0.25, -0.2) is 15.0 Å². The van der Waals surface area contributed by atoms with Gasteiger partial charge in [-0.05, 0) is 55.3 Å². The third-order valence-corrected chi connectivity index (χ3v) is 6.41. The maximum absolute atomic E-state index is 11.4. The highest BCUT2D eigenvalue weighted by Crippen LogP contribution is 2.26. The fourth-order valence-electron chi connectivity index (χ4n) is 3.87. The number of anilines is 2. The smallest absolute Gasteiger partial charge is 0.291 e. The molecule has 0 aliphatic heterocycles. The summed E-state index contributed by atoms with van der Waals surface area (Å²) in [6.07, 6.45) is 11.5. The third kappa shape index (κ3) is 15.3. The van der Waals surface area contributed by atoms with Gasteiger partial charge in [0.15, 0.2) is 11.7 Å². The number of nitro benzene ring substituents is 2. The summed E-state index contributed by atoms with van der Waals surface area (Å²) in [7, 11) is 3.74. The van der Waals surface area contributed by atoms with E-state index < -0.39 is 14.9 Å². The van der Waals surface area contributed by atoms with E-state index in [4.69, 9.17) is 26.8 Å². The van der Waals surface area contributed by atoms with E-state index in [2.05, 4.69) is 30.2 Å². The van der Waals surface area contributed by atoms with Crippen LogP contribution in [0.25, 0.3) is 11.3 Å². The molecule has 0 aliphatic rings. The van der Waals surface area contributed by atoms with Crippen LogP contribution < -0.4 is 16.8 Å². The van der Waals surface area contributed by atoms with Crippen LogP contribution in [-0.2, 0) is 0 Å². The molecule has 20 heteroatoms. The number of pyridine rings is 2. The van der Waals surface area contributed by atoms with Crippen molar-refractivity contribution in [1.82, 2.24) is 24.8 Å². The Hall–Kier alpha value is -7.90. The van der Waals surface area contributed by atoms with Gasteiger partial charge in [-0.1, -0.05) is 12.1 Å². The van der Waals surface area contributed by atoms with E-state index in [0.717, 1.165) is 22.4 Å². The van der Waals surface area contributed by atoms with Crippen molar-refractivity contribution >= 4 is 40.4 Å². The van der Waals surface area contributed by atoms with Gasteiger partial charge in [0, 0.05) is 92.7 Å². The predicted molar refractivity (Wildman–Crippen MR) is 200 cm³/mol. The predicted octanol–water partition coefficient (Wildman–Crippen LogP) is 5.30. The van der Waals surface area contributed by atoms with Gasteiger partial charge in [-0.2, -0.15) is 0 Å². The normalized spacial score (nSPS) is 9.78. The Morgan fingerprint density at radius 3 is 1.98 bits per heavy atom. The first kappa shape index (κ1) is 42.3. The standard InChI is InChI=1S/C16H13N5O2.C10H12N2O.C8H10N4O2.HNO3/c1-11-4-5-13(21(22)23)9-15(11)20-16-18-8-6-14(19-16)12-3-2-7-17-10-12;1-12(2)7-5-10(13)9-4-3-6-11-8-9;1-5-2-3-6(12(13)14)4-7(5)11-8(9)10;2-1(3)4/h2-10H,1H3,(H,18,19,20);3-8H,1-2H3;2-4H,1H3,(H4,9,10,11);(H,2,3,4)/b;7-5+;;. The van der Waals surface area contributed by atoms with E-state index in [0.29, 0.717) is 22.9 Å². The number of nitrogens with one attached hydrogen (secondary N) is 1. The SMILES string of the molecule is CN(C)/C=C/C(=O)c1cccnc1.Cc1ccc([N+](=O)[O-])cc1N=C(N)N.Cc1ccc([N+](=O)[O-])cc1Nc1nccc(-c2cccnc2)n1.O=[N+]([O-])O. The number of rotatable bonds is 9. The Bertz CT molecular complexity index is 2090. The first-order chi connectivity index (χ1) is 25.6. The first-order valence-electron chi connectivity index (χ1n) is 15.3. The molecule has 0 saturated carbocycles. The average molecular weight is 741 g/mol. The molecule has 0 bridgehead atoms. The molecule has 0 unspecified atom stereocenters. The van der Waals surface area contributed by atoms with E-state index in [-0.39, 0.29) is 23.1 Å². The van der Waals surface area contributed by atoms with E-state index >= 15 is 0 Å². The number of allylic oxidation sites excluding steroid dienone is 1. The van der Waals surface area contributed by atoms with Crippen LogP contribution in [0.1, 0.15) is 21.5 Å². The molecular formula is C34H36N12O8. The van der Waals surface area contributed by atoms with Gasteiger partial charge in [0.2, 0.25) is 5.95 Å². The number of guanidine groups is 1. The number of hydrogen-bond donors (Lipinski definition) is 4. The number of aryl methyl sites for hydroxylation is 2. The molecule has 0 amide bonds. The van der Waals surface area contributed by atoms with Gasteiger partial charge in [0.1, 0.15) is 0 Å². The lowest BCUT2D eigenvalue weighted by atomic mass is 10.2. The number of ketones is 1. The summed E-state index contributed by atoms with van der Waals surface area (Å²) in [5.74, 6) is 0.227. The Balaban J connectivity index is 0.000000281. The molecule has 0 radical (unpaired) electrons. The molecule has 3 aromatic heterocycles. The van der Waals surface area contributed by atoms with Gasteiger partial charge >= 0.3 is 0 Å². The van der Waals surface area contributed by atoms with Gasteiger partial charge in [-0.3, -0.25) is 35.0 Å². The van der Waals surface area contributed by atoms with Gasteiger partial charge < -0.3 is 26.9 Å². The summed E-state index contributed by atoms with van der Waals surface area (Å²) < 4.78 is 0. The zero-order valence-corrected chi connectivity index (χ0v) is 29.4. The molecule has 3 heterocycles. The second-order valence-electron chi connectivity index (χ2n) is 10.8. The van der Waals surface area contributed by atoms with Gasteiger partial charge in [0.25, 0.3) is 16.5 Å². The second-order valence-corrected chi connectivity index (χ2v) is 10.8. The lowest BCUT2D eigenvalue weighted by Gasteiger charge is -2.09. The Kier molecular flexibility index (Phi) is 16.7. The van der Waals surface area contributed by atoms with Crippen LogP contribution in [0.4, 0.5) is 28.7 Å². The number of aliphatic imine (C=N–C) groups is 1. The molecular weight excluding hydrogens is 704 g/mol. The lowest BCUT2D eigenvalue weighted by Crippen LogP contribution is -2.22. The maximum atomic E-state index is 11.4. The highest BCUT2D eigenvalue weighted by atomic mass is 16.9. The van der Waals surface area contributed by atoms with Crippen LogP contribution in [-0.4, -0.2) is 70.8 Å². The highest BCUT2D eigenvalue weighted by Gasteiger charge is 2.11. The molecule has 20 nitrogen and oxygen atoms in total. The summed E-state index contributed by atoms with van der Waals surface area (Å²) in [6, 6.07) is 18.0. The maximum Gasteiger partial charge on any atom is 0.291 e. The number of nitro groups is 2. The van der Waals surface area contributed by atoms with Crippen LogP contribution in [0.15, 0.2) is 115 Å². The number of non-ortho nitro benzene ring substituents is 2. The third-order valence-electron chi connectivity index (χ3n) is 6.41. The summed E-state index contributed by atoms with van der Waals surface area (Å²) in [5.41, 5.74) is 15.2. The van der Waals surface area contributed by atoms with Crippen LogP contribution in [0.2, 0.25) is 0 Å². The largest absolute Gasteiger partial charge is 0.383 e. The zero-order valence-electron chi connectivity index (χ0n) is 29.4. The first-order valence-corrected chi connectivity index (χ1v) is 15.3. The summed E-state index contributed by atoms with van der Waals surface area (Å²) in [6.45, 7) is 3.63. The molecule has 0 saturated heterocycles. The van der Waals surface area contributed by atoms with Crippen molar-refractivity contribution in [2.24, 2.45) is 16.5 Å². The van der Waals surface area contributed by atoms with Crippen molar-refractivity contribution in [2.45, 2.75) is 13.8 Å². The van der Waals surface area contributed by atoms with Crippen molar-refractivity contribution < 1.29 is 24.9 Å². The minimum atomic E-state index is -1.50. The fraction of sp³-hybridized carbons (Fsp3) is 0.118. The summed E-state index contributed by atoms with van der Waals surface area (Å²) in [5, 5.41) is 38.0. The molecule has 5 rings (SSSR count). The van der Waals surface area contributed by atoms with Crippen LogP contribution >= 0.6 is 0 Å². The van der Waals surface area contributed by atoms with Crippen LogP contribution in [0, 0.1) is 44.2 Å². The molecule has 6 N–H and O–H groups in total. The van der Waals surface area contributed by atoms with Crippen molar-refractivity contribution in [1.29, 1.82) is 0 Å². The van der Waals surface area contributed by atoms with Crippen LogP contribution in [0.5, 0.6) is 0 Å². The van der Waals surface area contributed by atoms with Crippen molar-refractivity contribution in [2.75, 3.05) is 19.4 Å².